The summed E-state index contributed by atoms with van der Waals surface area (Å²) in [6, 6.07) is 8.34. The quantitative estimate of drug-likeness (QED) is 0.789. The first-order chi connectivity index (χ1) is 9.33. The Morgan fingerprint density at radius 3 is 2.89 bits per heavy atom. The molecule has 0 saturated carbocycles. The largest absolute Gasteiger partial charge is 0.306 e. The van der Waals surface area contributed by atoms with Crippen molar-refractivity contribution in [3.05, 3.63) is 58.3 Å². The molecule has 1 N–H and O–H groups in total. The molecule has 3 nitrogen and oxygen atoms in total. The van der Waals surface area contributed by atoms with E-state index in [1.54, 1.807) is 11.3 Å². The third kappa shape index (κ3) is 2.80. The molecule has 2 heterocycles. The Bertz CT molecular complexity index is 685. The van der Waals surface area contributed by atoms with E-state index in [2.05, 4.69) is 38.9 Å². The lowest BCUT2D eigenvalue weighted by molar-refractivity contribution is 0.690. The molecular weight excluding hydrogens is 254 g/mol. The highest BCUT2D eigenvalue weighted by molar-refractivity contribution is 7.09. The molecule has 0 atom stereocenters. The van der Waals surface area contributed by atoms with Crippen LogP contribution in [0.2, 0.25) is 0 Å². The van der Waals surface area contributed by atoms with Crippen LogP contribution in [-0.2, 0) is 13.1 Å². The molecule has 0 spiro atoms. The SMILES string of the molecule is Cc1csc(CNCc2cncc3ccccc23)n1. The maximum atomic E-state index is 4.44. The fraction of sp³-hybridized carbons (Fsp3) is 0.200. The van der Waals surface area contributed by atoms with E-state index < -0.39 is 0 Å². The summed E-state index contributed by atoms with van der Waals surface area (Å²) < 4.78 is 0. The number of hydrogen-bond acceptors (Lipinski definition) is 4. The van der Waals surface area contributed by atoms with Gasteiger partial charge in [-0.25, -0.2) is 4.98 Å². The number of rotatable bonds is 4. The predicted octanol–water partition coefficient (Wildman–Crippen LogP) is 3.29. The van der Waals surface area contributed by atoms with Gasteiger partial charge in [0.05, 0.1) is 0 Å². The van der Waals surface area contributed by atoms with Crippen molar-refractivity contribution in [2.24, 2.45) is 0 Å². The van der Waals surface area contributed by atoms with Crippen LogP contribution >= 0.6 is 11.3 Å². The van der Waals surface area contributed by atoms with E-state index in [1.807, 2.05) is 25.4 Å². The zero-order valence-corrected chi connectivity index (χ0v) is 11.6. The standard InChI is InChI=1S/C15H15N3S/c1-11-10-19-15(18-11)9-17-8-13-7-16-6-12-4-2-3-5-14(12)13/h2-7,10,17H,8-9H2,1H3. The summed E-state index contributed by atoms with van der Waals surface area (Å²) in [7, 11) is 0. The molecule has 0 aliphatic heterocycles. The minimum atomic E-state index is 0.807. The molecule has 0 unspecified atom stereocenters. The van der Waals surface area contributed by atoms with Crippen molar-refractivity contribution < 1.29 is 0 Å². The minimum absolute atomic E-state index is 0.807. The van der Waals surface area contributed by atoms with Crippen LogP contribution in [0.25, 0.3) is 10.8 Å². The Kier molecular flexibility index (Phi) is 3.53. The number of aryl methyl sites for hydroxylation is 1. The lowest BCUT2D eigenvalue weighted by Crippen LogP contribution is -2.13. The van der Waals surface area contributed by atoms with Gasteiger partial charge in [-0.2, -0.15) is 0 Å². The number of thiazole rings is 1. The normalized spacial score (nSPS) is 11.0. The van der Waals surface area contributed by atoms with Gasteiger partial charge in [-0.15, -0.1) is 11.3 Å². The third-order valence-corrected chi connectivity index (χ3v) is 3.98. The smallest absolute Gasteiger partial charge is 0.107 e. The Balaban J connectivity index is 1.71. The van der Waals surface area contributed by atoms with Gasteiger partial charge < -0.3 is 5.32 Å². The number of pyridine rings is 1. The summed E-state index contributed by atoms with van der Waals surface area (Å²) in [4.78, 5) is 8.73. The second-order valence-electron chi connectivity index (χ2n) is 4.51. The van der Waals surface area contributed by atoms with Gasteiger partial charge in [-0.1, -0.05) is 24.3 Å². The average Bonchev–Trinajstić information content (AvgIpc) is 2.85. The summed E-state index contributed by atoms with van der Waals surface area (Å²) in [6.07, 6.45) is 3.84. The van der Waals surface area contributed by atoms with Crippen molar-refractivity contribution in [1.29, 1.82) is 0 Å². The zero-order valence-electron chi connectivity index (χ0n) is 10.8. The molecule has 0 aliphatic carbocycles. The molecule has 0 aliphatic rings. The van der Waals surface area contributed by atoms with Crippen LogP contribution in [0, 0.1) is 6.92 Å². The number of aromatic nitrogens is 2. The molecular formula is C15H15N3S. The van der Waals surface area contributed by atoms with Gasteiger partial charge in [0.1, 0.15) is 5.01 Å². The molecule has 19 heavy (non-hydrogen) atoms. The molecule has 0 fully saturated rings. The highest BCUT2D eigenvalue weighted by Gasteiger charge is 2.02. The maximum Gasteiger partial charge on any atom is 0.107 e. The van der Waals surface area contributed by atoms with E-state index in [0.29, 0.717) is 0 Å². The topological polar surface area (TPSA) is 37.8 Å². The molecule has 1 aromatic carbocycles. The molecule has 4 heteroatoms. The van der Waals surface area contributed by atoms with E-state index in [-0.39, 0.29) is 0 Å². The average molecular weight is 269 g/mol. The van der Waals surface area contributed by atoms with Crippen molar-refractivity contribution >= 4 is 22.1 Å². The number of nitrogens with zero attached hydrogens (tertiary/aromatic N) is 2. The highest BCUT2D eigenvalue weighted by atomic mass is 32.1. The summed E-state index contributed by atoms with van der Waals surface area (Å²) >= 11 is 1.70. The fourth-order valence-corrected chi connectivity index (χ4v) is 2.85. The van der Waals surface area contributed by atoms with E-state index in [9.17, 15) is 0 Å². The first-order valence-electron chi connectivity index (χ1n) is 6.26. The van der Waals surface area contributed by atoms with E-state index in [4.69, 9.17) is 0 Å². The Hall–Kier alpha value is -1.78. The van der Waals surface area contributed by atoms with Crippen LogP contribution in [0.1, 0.15) is 16.3 Å². The van der Waals surface area contributed by atoms with Crippen LogP contribution in [0.4, 0.5) is 0 Å². The summed E-state index contributed by atoms with van der Waals surface area (Å²) in [5.41, 5.74) is 2.32. The lowest BCUT2D eigenvalue weighted by atomic mass is 10.1. The highest BCUT2D eigenvalue weighted by Crippen LogP contribution is 2.17. The number of benzene rings is 1. The molecule has 3 rings (SSSR count). The Morgan fingerprint density at radius 2 is 2.05 bits per heavy atom. The monoisotopic (exact) mass is 269 g/mol. The molecule has 0 radical (unpaired) electrons. The van der Waals surface area contributed by atoms with Gasteiger partial charge in [0, 0.05) is 41.9 Å². The Morgan fingerprint density at radius 1 is 1.16 bits per heavy atom. The number of fused-ring (bicyclic) bond motifs is 1. The van der Waals surface area contributed by atoms with E-state index in [0.717, 1.165) is 23.8 Å². The number of nitrogens with one attached hydrogen (secondary N) is 1. The molecule has 3 aromatic rings. The van der Waals surface area contributed by atoms with Gasteiger partial charge in [-0.3, -0.25) is 4.98 Å². The summed E-state index contributed by atoms with van der Waals surface area (Å²) in [5.74, 6) is 0. The molecule has 0 saturated heterocycles. The van der Waals surface area contributed by atoms with E-state index >= 15 is 0 Å². The second-order valence-corrected chi connectivity index (χ2v) is 5.45. The molecule has 0 amide bonds. The maximum absolute atomic E-state index is 4.44. The van der Waals surface area contributed by atoms with Crippen LogP contribution in [0.15, 0.2) is 42.0 Å². The Labute approximate surface area is 116 Å². The fourth-order valence-electron chi connectivity index (χ4n) is 2.11. The van der Waals surface area contributed by atoms with Gasteiger partial charge in [0.2, 0.25) is 0 Å². The van der Waals surface area contributed by atoms with Crippen LogP contribution in [0.3, 0.4) is 0 Å². The van der Waals surface area contributed by atoms with E-state index in [1.165, 1.54) is 16.3 Å². The summed E-state index contributed by atoms with van der Waals surface area (Å²) in [5, 5.41) is 9.09. The lowest BCUT2D eigenvalue weighted by Gasteiger charge is -2.06. The van der Waals surface area contributed by atoms with Gasteiger partial charge in [0.15, 0.2) is 0 Å². The second kappa shape index (κ2) is 5.47. The first kappa shape index (κ1) is 12.3. The summed E-state index contributed by atoms with van der Waals surface area (Å²) in [6.45, 7) is 3.64. The van der Waals surface area contributed by atoms with Crippen molar-refractivity contribution in [2.45, 2.75) is 20.0 Å². The minimum Gasteiger partial charge on any atom is -0.306 e. The van der Waals surface area contributed by atoms with Crippen molar-refractivity contribution in [3.8, 4) is 0 Å². The van der Waals surface area contributed by atoms with Gasteiger partial charge >= 0.3 is 0 Å². The van der Waals surface area contributed by atoms with Crippen molar-refractivity contribution in [2.75, 3.05) is 0 Å². The van der Waals surface area contributed by atoms with Crippen LogP contribution in [-0.4, -0.2) is 9.97 Å². The van der Waals surface area contributed by atoms with Gasteiger partial charge in [0.25, 0.3) is 0 Å². The molecule has 2 aromatic heterocycles. The van der Waals surface area contributed by atoms with Crippen LogP contribution in [0.5, 0.6) is 0 Å². The van der Waals surface area contributed by atoms with Crippen molar-refractivity contribution in [1.82, 2.24) is 15.3 Å². The van der Waals surface area contributed by atoms with Crippen LogP contribution < -0.4 is 5.32 Å². The van der Waals surface area contributed by atoms with Gasteiger partial charge in [-0.05, 0) is 17.9 Å². The number of hydrogen-bond donors (Lipinski definition) is 1. The first-order valence-corrected chi connectivity index (χ1v) is 7.14. The zero-order chi connectivity index (χ0) is 13.1. The molecule has 96 valence electrons. The third-order valence-electron chi connectivity index (χ3n) is 3.01. The molecule has 0 bridgehead atoms. The van der Waals surface area contributed by atoms with Crippen molar-refractivity contribution in [3.63, 3.8) is 0 Å². The predicted molar refractivity (Wildman–Crippen MR) is 79.1 cm³/mol.